The van der Waals surface area contributed by atoms with Gasteiger partial charge in [-0.3, -0.25) is 0 Å². The maximum atomic E-state index is 5.58. The first-order chi connectivity index (χ1) is 8.63. The van der Waals surface area contributed by atoms with Crippen LogP contribution in [0.5, 0.6) is 0 Å². The minimum absolute atomic E-state index is 0.519. The number of rotatable bonds is 8. The summed E-state index contributed by atoms with van der Waals surface area (Å²) >= 11 is 3.61. The van der Waals surface area contributed by atoms with E-state index in [9.17, 15) is 0 Å². The topological polar surface area (TPSA) is 21.3 Å². The highest BCUT2D eigenvalue weighted by atomic mass is 79.9. The van der Waals surface area contributed by atoms with E-state index < -0.39 is 0 Å². The summed E-state index contributed by atoms with van der Waals surface area (Å²) in [5.74, 6) is 0.519. The minimum atomic E-state index is 0.519. The molecule has 2 nitrogen and oxygen atoms in total. The molecule has 0 radical (unpaired) electrons. The molecule has 1 N–H and O–H groups in total. The van der Waals surface area contributed by atoms with Crippen molar-refractivity contribution in [2.75, 3.05) is 19.8 Å². The summed E-state index contributed by atoms with van der Waals surface area (Å²) in [5, 5.41) is 3.50. The fourth-order valence-corrected chi connectivity index (χ4v) is 2.30. The Balaban J connectivity index is 2.56. The van der Waals surface area contributed by atoms with Crippen LogP contribution in [0.25, 0.3) is 0 Å². The van der Waals surface area contributed by atoms with Crippen molar-refractivity contribution in [3.63, 3.8) is 0 Å². The molecular formula is C15H24BrNO. The Labute approximate surface area is 119 Å². The van der Waals surface area contributed by atoms with E-state index in [1.807, 2.05) is 6.92 Å². The zero-order valence-electron chi connectivity index (χ0n) is 11.6. The third kappa shape index (κ3) is 5.98. The van der Waals surface area contributed by atoms with Crippen LogP contribution >= 0.6 is 15.9 Å². The molecule has 18 heavy (non-hydrogen) atoms. The second-order valence-corrected chi connectivity index (χ2v) is 5.74. The molecule has 0 fully saturated rings. The summed E-state index contributed by atoms with van der Waals surface area (Å²) in [6, 6.07) is 8.94. The fraction of sp³-hybridized carbons (Fsp3) is 0.600. The van der Waals surface area contributed by atoms with Gasteiger partial charge in [0, 0.05) is 23.7 Å². The maximum absolute atomic E-state index is 5.58. The predicted molar refractivity (Wildman–Crippen MR) is 81.0 cm³/mol. The molecule has 0 heterocycles. The van der Waals surface area contributed by atoms with Crippen molar-refractivity contribution in [1.29, 1.82) is 0 Å². The Morgan fingerprint density at radius 3 is 2.61 bits per heavy atom. The van der Waals surface area contributed by atoms with Crippen LogP contribution in [0, 0.1) is 5.92 Å². The Bertz CT molecular complexity index is 341. The highest BCUT2D eigenvalue weighted by molar-refractivity contribution is 9.10. The molecule has 0 saturated heterocycles. The van der Waals surface area contributed by atoms with E-state index in [1.165, 1.54) is 10.0 Å². The van der Waals surface area contributed by atoms with E-state index in [2.05, 4.69) is 59.4 Å². The SMILES string of the molecule is CCOCC(CNC(C)C)Cc1ccccc1Br. The maximum Gasteiger partial charge on any atom is 0.0509 e. The number of hydrogen-bond donors (Lipinski definition) is 1. The summed E-state index contributed by atoms with van der Waals surface area (Å²) < 4.78 is 6.78. The monoisotopic (exact) mass is 313 g/mol. The molecule has 1 unspecified atom stereocenters. The molecule has 0 aromatic heterocycles. The molecule has 1 aromatic carbocycles. The van der Waals surface area contributed by atoms with Crippen LogP contribution in [0.15, 0.2) is 28.7 Å². The van der Waals surface area contributed by atoms with Crippen molar-refractivity contribution in [3.8, 4) is 0 Å². The van der Waals surface area contributed by atoms with Gasteiger partial charge in [-0.2, -0.15) is 0 Å². The average Bonchev–Trinajstić information content (AvgIpc) is 2.35. The molecule has 0 aliphatic heterocycles. The lowest BCUT2D eigenvalue weighted by Crippen LogP contribution is -2.32. The van der Waals surface area contributed by atoms with E-state index >= 15 is 0 Å². The molecule has 3 heteroatoms. The molecule has 1 atom stereocenters. The zero-order chi connectivity index (χ0) is 13.4. The van der Waals surface area contributed by atoms with Crippen LogP contribution in [0.3, 0.4) is 0 Å². The summed E-state index contributed by atoms with van der Waals surface area (Å²) in [6.07, 6.45) is 1.04. The van der Waals surface area contributed by atoms with E-state index in [1.54, 1.807) is 0 Å². The Morgan fingerprint density at radius 2 is 2.00 bits per heavy atom. The lowest BCUT2D eigenvalue weighted by atomic mass is 10.00. The minimum Gasteiger partial charge on any atom is -0.381 e. The molecule has 1 aromatic rings. The van der Waals surface area contributed by atoms with Crippen molar-refractivity contribution >= 4 is 15.9 Å². The quantitative estimate of drug-likeness (QED) is 0.791. The molecule has 0 spiro atoms. The van der Waals surface area contributed by atoms with Gasteiger partial charge >= 0.3 is 0 Å². The normalized spacial score (nSPS) is 12.9. The van der Waals surface area contributed by atoms with Crippen LogP contribution in [0.1, 0.15) is 26.3 Å². The third-order valence-electron chi connectivity index (χ3n) is 2.84. The molecule has 0 bridgehead atoms. The van der Waals surface area contributed by atoms with Gasteiger partial charge in [-0.15, -0.1) is 0 Å². The second kappa shape index (κ2) is 8.68. The number of halogens is 1. The zero-order valence-corrected chi connectivity index (χ0v) is 13.2. The smallest absolute Gasteiger partial charge is 0.0509 e. The second-order valence-electron chi connectivity index (χ2n) is 4.88. The van der Waals surface area contributed by atoms with Gasteiger partial charge in [-0.1, -0.05) is 48.0 Å². The Hall–Kier alpha value is -0.380. The lowest BCUT2D eigenvalue weighted by molar-refractivity contribution is 0.109. The van der Waals surface area contributed by atoms with Crippen molar-refractivity contribution in [2.45, 2.75) is 33.2 Å². The van der Waals surface area contributed by atoms with E-state index in [0.29, 0.717) is 12.0 Å². The number of nitrogens with one attached hydrogen (secondary N) is 1. The summed E-state index contributed by atoms with van der Waals surface area (Å²) in [7, 11) is 0. The predicted octanol–water partition coefficient (Wildman–Crippen LogP) is 3.64. The van der Waals surface area contributed by atoms with E-state index in [-0.39, 0.29) is 0 Å². The number of hydrogen-bond acceptors (Lipinski definition) is 2. The van der Waals surface area contributed by atoms with Crippen LogP contribution in [0.4, 0.5) is 0 Å². The van der Waals surface area contributed by atoms with Gasteiger partial charge in [0.1, 0.15) is 0 Å². The van der Waals surface area contributed by atoms with Gasteiger partial charge < -0.3 is 10.1 Å². The molecule has 0 aliphatic rings. The lowest BCUT2D eigenvalue weighted by Gasteiger charge is -2.19. The van der Waals surface area contributed by atoms with Gasteiger partial charge in [0.2, 0.25) is 0 Å². The van der Waals surface area contributed by atoms with Crippen molar-refractivity contribution in [2.24, 2.45) is 5.92 Å². The van der Waals surface area contributed by atoms with Crippen LogP contribution in [-0.4, -0.2) is 25.8 Å². The molecular weight excluding hydrogens is 290 g/mol. The van der Waals surface area contributed by atoms with Gasteiger partial charge in [0.05, 0.1) is 6.61 Å². The van der Waals surface area contributed by atoms with Crippen molar-refractivity contribution in [1.82, 2.24) is 5.32 Å². The Morgan fingerprint density at radius 1 is 1.28 bits per heavy atom. The van der Waals surface area contributed by atoms with Crippen molar-refractivity contribution < 1.29 is 4.74 Å². The highest BCUT2D eigenvalue weighted by Gasteiger charge is 2.12. The average molecular weight is 314 g/mol. The van der Waals surface area contributed by atoms with Crippen molar-refractivity contribution in [3.05, 3.63) is 34.3 Å². The summed E-state index contributed by atoms with van der Waals surface area (Å²) in [6.45, 7) is 9.00. The van der Waals surface area contributed by atoms with E-state index in [4.69, 9.17) is 4.74 Å². The Kier molecular flexibility index (Phi) is 7.56. The molecule has 0 aliphatic carbocycles. The standard InChI is InChI=1S/C15H24BrNO/c1-4-18-11-13(10-17-12(2)3)9-14-7-5-6-8-15(14)16/h5-8,12-13,17H,4,9-11H2,1-3H3. The van der Waals surface area contributed by atoms with Gasteiger partial charge in [0.25, 0.3) is 0 Å². The molecule has 0 amide bonds. The van der Waals surface area contributed by atoms with Gasteiger partial charge in [-0.25, -0.2) is 0 Å². The van der Waals surface area contributed by atoms with Crippen LogP contribution < -0.4 is 5.32 Å². The first kappa shape index (κ1) is 15.7. The summed E-state index contributed by atoms with van der Waals surface area (Å²) in [4.78, 5) is 0. The largest absolute Gasteiger partial charge is 0.381 e. The van der Waals surface area contributed by atoms with Crippen LogP contribution in [-0.2, 0) is 11.2 Å². The molecule has 0 saturated carbocycles. The van der Waals surface area contributed by atoms with Gasteiger partial charge in [-0.05, 0) is 30.9 Å². The third-order valence-corrected chi connectivity index (χ3v) is 3.61. The van der Waals surface area contributed by atoms with Gasteiger partial charge in [0.15, 0.2) is 0 Å². The first-order valence-corrected chi connectivity index (χ1v) is 7.47. The molecule has 102 valence electrons. The molecule has 1 rings (SSSR count). The van der Waals surface area contributed by atoms with E-state index in [0.717, 1.165) is 26.2 Å². The summed E-state index contributed by atoms with van der Waals surface area (Å²) in [5.41, 5.74) is 1.35. The fourth-order valence-electron chi connectivity index (χ4n) is 1.85. The number of ether oxygens (including phenoxy) is 1. The highest BCUT2D eigenvalue weighted by Crippen LogP contribution is 2.19. The van der Waals surface area contributed by atoms with Crippen LogP contribution in [0.2, 0.25) is 0 Å². The number of benzene rings is 1. The first-order valence-electron chi connectivity index (χ1n) is 6.68.